The summed E-state index contributed by atoms with van der Waals surface area (Å²) < 4.78 is 0. The van der Waals surface area contributed by atoms with Crippen LogP contribution in [0.15, 0.2) is 184 Å². The van der Waals surface area contributed by atoms with Gasteiger partial charge < -0.3 is 52.9 Å². The number of amidine groups is 2. The van der Waals surface area contributed by atoms with E-state index in [9.17, 15) is 0 Å². The van der Waals surface area contributed by atoms with E-state index in [0.29, 0.717) is 17.7 Å². The Labute approximate surface area is 332 Å². The Hall–Kier alpha value is -4.27. The van der Waals surface area contributed by atoms with Gasteiger partial charge >= 0.3 is 17.1 Å². The second-order valence-corrected chi connectivity index (χ2v) is 15.3. The van der Waals surface area contributed by atoms with Gasteiger partial charge in [-0.1, -0.05) is 127 Å². The number of fused-ring (bicyclic) bond motifs is 1. The fourth-order valence-corrected chi connectivity index (χ4v) is 9.86. The summed E-state index contributed by atoms with van der Waals surface area (Å²) in [6.07, 6.45) is 0.555. The molecule has 259 valence electrons. The van der Waals surface area contributed by atoms with Crippen LogP contribution < -0.4 is 43.5 Å². The quantitative estimate of drug-likeness (QED) is 0.0554. The number of rotatable bonds is 10. The molecule has 6 aromatic carbocycles. The van der Waals surface area contributed by atoms with Crippen molar-refractivity contribution >= 4 is 81.0 Å². The van der Waals surface area contributed by atoms with E-state index in [0.717, 1.165) is 21.9 Å². The Bertz CT molecular complexity index is 2030. The van der Waals surface area contributed by atoms with Crippen LogP contribution in [0, 0.1) is 0 Å². The molecule has 0 aliphatic rings. The molecule has 0 spiro atoms. The predicted octanol–water partition coefficient (Wildman–Crippen LogP) is 3.52. The Morgan fingerprint density at radius 1 is 0.529 bits per heavy atom. The molecular formula is C40H34BrCuN6PS2. The van der Waals surface area contributed by atoms with Crippen LogP contribution in [0.2, 0.25) is 0 Å². The maximum absolute atomic E-state index is 5.88. The molecule has 0 amide bonds. The van der Waals surface area contributed by atoms with Crippen molar-refractivity contribution in [3.63, 3.8) is 0 Å². The third-order valence-corrected chi connectivity index (χ3v) is 12.8. The van der Waals surface area contributed by atoms with Gasteiger partial charge in [0.05, 0.1) is 0 Å². The Balaban J connectivity index is 0.00000292. The molecule has 11 heteroatoms. The van der Waals surface area contributed by atoms with Crippen LogP contribution in [0.25, 0.3) is 10.8 Å². The van der Waals surface area contributed by atoms with Crippen LogP contribution in [0.1, 0.15) is 11.1 Å². The van der Waals surface area contributed by atoms with Gasteiger partial charge in [0.1, 0.15) is 40.9 Å². The standard InChI is InChI=1S/C40H35N6PS2.BrH.Cu/c1-41-39(48)45-44-38(36-28-16-20-30-17-14-15-27-35(30)36)37(31-18-6-2-7-19-31)43-46-40(49)42-29-47(32-21-8-3-9-22-32,33-23-10-4-11-24-33)34-25-12-5-13-26-34;;/h2-28H,29H2,1H3,(H3-,41,42,43,44,45,46,48,49);1H;/q;;+2/p-2. The molecule has 6 nitrogen and oxygen atoms in total. The van der Waals surface area contributed by atoms with Gasteiger partial charge in [-0.05, 0) is 52.3 Å². The molecular weight excluding hydrogens is 803 g/mol. The first-order valence-corrected chi connectivity index (χ1v) is 18.5. The minimum atomic E-state index is -2.20. The fraction of sp³-hybridized carbons (Fsp3) is 0.0500. The zero-order chi connectivity index (χ0) is 33.9. The molecule has 0 saturated carbocycles. The Kier molecular flexibility index (Phi) is 15.0. The van der Waals surface area contributed by atoms with Gasteiger partial charge in [0.25, 0.3) is 0 Å². The molecule has 6 aromatic rings. The van der Waals surface area contributed by atoms with Crippen molar-refractivity contribution in [3.8, 4) is 0 Å². The molecule has 0 fully saturated rings. The first-order valence-electron chi connectivity index (χ1n) is 15.8. The van der Waals surface area contributed by atoms with E-state index < -0.39 is 7.26 Å². The molecule has 0 aromatic heterocycles. The van der Waals surface area contributed by atoms with Gasteiger partial charge in [-0.2, -0.15) is 10.2 Å². The maximum Gasteiger partial charge on any atom is 2.00 e. The Morgan fingerprint density at radius 3 is 1.53 bits per heavy atom. The first kappa shape index (κ1) is 39.5. The average Bonchev–Trinajstić information content (AvgIpc) is 3.17. The fourth-order valence-electron chi connectivity index (χ4n) is 5.73. The molecule has 0 unspecified atom stereocenters. The summed E-state index contributed by atoms with van der Waals surface area (Å²) in [5.41, 5.74) is 2.69. The summed E-state index contributed by atoms with van der Waals surface area (Å²) in [4.78, 5) is 0. The smallest absolute Gasteiger partial charge is 1.00 e. The summed E-state index contributed by atoms with van der Waals surface area (Å²) >= 11 is 11.2. The number of halogens is 1. The summed E-state index contributed by atoms with van der Waals surface area (Å²) in [6, 6.07) is 55.9. The second kappa shape index (κ2) is 19.4. The zero-order valence-corrected chi connectivity index (χ0v) is 32.6. The molecule has 1 radical (unpaired) electrons. The van der Waals surface area contributed by atoms with Crippen molar-refractivity contribution in [2.45, 2.75) is 0 Å². The van der Waals surface area contributed by atoms with Gasteiger partial charge in [0.15, 0.2) is 0 Å². The second-order valence-electron chi connectivity index (χ2n) is 11.0. The van der Waals surface area contributed by atoms with E-state index in [2.05, 4.69) is 117 Å². The van der Waals surface area contributed by atoms with E-state index in [1.54, 1.807) is 7.05 Å². The summed E-state index contributed by atoms with van der Waals surface area (Å²) in [7, 11) is -0.483. The number of nitrogens with zero attached hydrogens (tertiary/aromatic N) is 4. The van der Waals surface area contributed by atoms with E-state index in [4.69, 9.17) is 30.4 Å². The number of nitrogens with one attached hydrogen (secondary N) is 2. The molecule has 51 heavy (non-hydrogen) atoms. The van der Waals surface area contributed by atoms with Gasteiger partial charge in [-0.3, -0.25) is 0 Å². The number of benzene rings is 6. The van der Waals surface area contributed by atoms with Crippen molar-refractivity contribution in [2.75, 3.05) is 13.3 Å². The minimum absolute atomic E-state index is 0. The van der Waals surface area contributed by atoms with Crippen LogP contribution in [-0.4, -0.2) is 35.1 Å². The summed E-state index contributed by atoms with van der Waals surface area (Å²) in [5, 5.41) is 31.1. The van der Waals surface area contributed by atoms with E-state index >= 15 is 0 Å². The first-order chi connectivity index (χ1) is 24.1. The van der Waals surface area contributed by atoms with Gasteiger partial charge in [0, 0.05) is 23.3 Å². The maximum atomic E-state index is 5.88. The van der Waals surface area contributed by atoms with Crippen LogP contribution in [0.3, 0.4) is 0 Å². The van der Waals surface area contributed by atoms with Crippen LogP contribution >= 0.6 is 7.26 Å². The number of hydrogen-bond acceptors (Lipinski definition) is 6. The summed E-state index contributed by atoms with van der Waals surface area (Å²) in [5.74, 6) is 0. The summed E-state index contributed by atoms with van der Waals surface area (Å²) in [6.45, 7) is 0. The predicted molar refractivity (Wildman–Crippen MR) is 215 cm³/mol. The van der Waals surface area contributed by atoms with E-state index in [-0.39, 0.29) is 44.4 Å². The third kappa shape index (κ3) is 9.35. The van der Waals surface area contributed by atoms with Crippen LogP contribution in [0.5, 0.6) is 0 Å². The van der Waals surface area contributed by atoms with Crippen molar-refractivity contribution in [1.82, 2.24) is 10.6 Å². The molecule has 0 aliphatic heterocycles. The van der Waals surface area contributed by atoms with Crippen molar-refractivity contribution in [3.05, 3.63) is 175 Å². The molecule has 0 saturated heterocycles. The number of hydrogen-bond donors (Lipinski definition) is 2. The van der Waals surface area contributed by atoms with Crippen molar-refractivity contribution in [2.24, 2.45) is 20.4 Å². The molecule has 0 aliphatic carbocycles. The van der Waals surface area contributed by atoms with Crippen molar-refractivity contribution < 1.29 is 34.1 Å². The molecule has 2 N–H and O–H groups in total. The molecule has 6 rings (SSSR count). The van der Waals surface area contributed by atoms with Gasteiger partial charge in [0.2, 0.25) is 0 Å². The van der Waals surface area contributed by atoms with E-state index in [1.807, 2.05) is 72.8 Å². The normalized spacial score (nSPS) is 12.4. The van der Waals surface area contributed by atoms with Crippen molar-refractivity contribution in [1.29, 1.82) is 0 Å². The third-order valence-electron chi connectivity index (χ3n) is 8.07. The van der Waals surface area contributed by atoms with Gasteiger partial charge in [-0.25, -0.2) is 0 Å². The zero-order valence-electron chi connectivity index (χ0n) is 27.5. The monoisotopic (exact) mass is 835 g/mol. The largest absolute Gasteiger partial charge is 2.00 e. The topological polar surface area (TPSA) is 73.5 Å². The van der Waals surface area contributed by atoms with Gasteiger partial charge in [-0.15, -0.1) is 10.2 Å². The Morgan fingerprint density at radius 2 is 0.980 bits per heavy atom. The van der Waals surface area contributed by atoms with E-state index in [1.165, 1.54) is 15.9 Å². The SMILES string of the molecule is CNC([S-])=NN=C(C(=NN=C([S-])NC[P+](c1ccccc1)(c1ccccc1)c1ccccc1)c1ccccc1)c1cccc2ccccc12.[Br-].[Cu+2]. The average molecular weight is 837 g/mol. The van der Waals surface area contributed by atoms with Crippen LogP contribution in [-0.2, 0) is 42.3 Å². The minimum Gasteiger partial charge on any atom is -1.00 e. The van der Waals surface area contributed by atoms with Crippen LogP contribution in [0.4, 0.5) is 0 Å². The molecule has 0 heterocycles. The molecule has 0 bridgehead atoms. The molecule has 0 atom stereocenters.